The summed E-state index contributed by atoms with van der Waals surface area (Å²) >= 11 is 0. The molecule has 2 aromatic carbocycles. The Balaban J connectivity index is 1.52. The van der Waals surface area contributed by atoms with Crippen molar-refractivity contribution in [3.63, 3.8) is 0 Å². The molecule has 6 heteroatoms. The van der Waals surface area contributed by atoms with Crippen LogP contribution in [0.5, 0.6) is 0 Å². The molecule has 3 heterocycles. The number of carbonyl (C=O) groups excluding carboxylic acids is 1. The largest absolute Gasteiger partial charge is 0.383 e. The molecule has 0 spiro atoms. The van der Waals surface area contributed by atoms with Crippen molar-refractivity contribution in [2.45, 2.75) is 25.4 Å². The third-order valence-electron chi connectivity index (χ3n) is 5.79. The molecular formula is C23H24N4O2. The molecule has 1 aliphatic rings. The molecule has 6 nitrogen and oxygen atoms in total. The lowest BCUT2D eigenvalue weighted by Gasteiger charge is -2.24. The fourth-order valence-corrected chi connectivity index (χ4v) is 4.38. The zero-order valence-corrected chi connectivity index (χ0v) is 16.5. The van der Waals surface area contributed by atoms with Crippen molar-refractivity contribution in [1.82, 2.24) is 19.4 Å². The normalized spacial score (nSPS) is 16.9. The number of benzene rings is 2. The van der Waals surface area contributed by atoms with E-state index in [9.17, 15) is 4.79 Å². The predicted octanol–water partition coefficient (Wildman–Crippen LogP) is 4.14. The van der Waals surface area contributed by atoms with Gasteiger partial charge in [0.1, 0.15) is 11.5 Å². The number of aromatic amines is 1. The molecule has 0 aliphatic carbocycles. The Morgan fingerprint density at radius 3 is 2.90 bits per heavy atom. The van der Waals surface area contributed by atoms with Crippen LogP contribution in [0.2, 0.25) is 0 Å². The Bertz CT molecular complexity index is 1140. The number of likely N-dealkylation sites (tertiary alicyclic amines) is 1. The molecule has 0 bridgehead atoms. The second-order valence-electron chi connectivity index (χ2n) is 7.53. The number of ether oxygens (including phenoxy) is 1. The zero-order chi connectivity index (χ0) is 19.8. The molecular weight excluding hydrogens is 364 g/mol. The van der Waals surface area contributed by atoms with Crippen LogP contribution in [-0.2, 0) is 11.3 Å². The van der Waals surface area contributed by atoms with Crippen molar-refractivity contribution in [3.8, 4) is 0 Å². The molecule has 4 aromatic rings. The van der Waals surface area contributed by atoms with Crippen LogP contribution in [0.3, 0.4) is 0 Å². The highest BCUT2D eigenvalue weighted by Crippen LogP contribution is 2.33. The Morgan fingerprint density at radius 1 is 1.21 bits per heavy atom. The van der Waals surface area contributed by atoms with Gasteiger partial charge in [0, 0.05) is 31.1 Å². The van der Waals surface area contributed by atoms with Gasteiger partial charge in [-0.2, -0.15) is 0 Å². The number of aromatic nitrogens is 3. The van der Waals surface area contributed by atoms with Gasteiger partial charge < -0.3 is 19.2 Å². The Hall–Kier alpha value is -3.12. The standard InChI is InChI=1S/C23H24N4O2/c1-29-14-13-26-19-10-5-2-7-16(19)15-21(26)23(28)27-12-6-11-20(27)22-24-17-8-3-4-9-18(17)25-22/h2-5,7-10,15,20H,6,11-14H2,1H3,(H,24,25)/t20-/m1/s1. The number of hydrogen-bond acceptors (Lipinski definition) is 3. The lowest BCUT2D eigenvalue weighted by atomic mass is 10.2. The number of nitrogens with one attached hydrogen (secondary N) is 1. The summed E-state index contributed by atoms with van der Waals surface area (Å²) in [5.41, 5.74) is 3.73. The van der Waals surface area contributed by atoms with Crippen molar-refractivity contribution in [2.75, 3.05) is 20.3 Å². The minimum atomic E-state index is -0.0243. The number of amides is 1. The van der Waals surface area contributed by atoms with Crippen molar-refractivity contribution in [1.29, 1.82) is 0 Å². The first kappa shape index (κ1) is 17.9. The molecule has 1 saturated heterocycles. The summed E-state index contributed by atoms with van der Waals surface area (Å²) < 4.78 is 7.37. The predicted molar refractivity (Wildman–Crippen MR) is 113 cm³/mol. The van der Waals surface area contributed by atoms with Gasteiger partial charge in [-0.3, -0.25) is 4.79 Å². The van der Waals surface area contributed by atoms with Crippen molar-refractivity contribution in [2.24, 2.45) is 0 Å². The second-order valence-corrected chi connectivity index (χ2v) is 7.53. The minimum absolute atomic E-state index is 0.0243. The first-order chi connectivity index (χ1) is 14.3. The minimum Gasteiger partial charge on any atom is -0.383 e. The molecule has 1 amide bonds. The zero-order valence-electron chi connectivity index (χ0n) is 16.5. The summed E-state index contributed by atoms with van der Waals surface area (Å²) in [6, 6.07) is 18.1. The SMILES string of the molecule is COCCn1c(C(=O)N2CCC[C@@H]2c2nc3ccccc3[nH]2)cc2ccccc21. The number of imidazole rings is 1. The quantitative estimate of drug-likeness (QED) is 0.559. The lowest BCUT2D eigenvalue weighted by molar-refractivity contribution is 0.0717. The highest BCUT2D eigenvalue weighted by molar-refractivity contribution is 5.99. The molecule has 1 N–H and O–H groups in total. The fraction of sp³-hybridized carbons (Fsp3) is 0.304. The summed E-state index contributed by atoms with van der Waals surface area (Å²) in [4.78, 5) is 23.8. The third kappa shape index (κ3) is 3.09. The van der Waals surface area contributed by atoms with Crippen molar-refractivity contribution in [3.05, 3.63) is 66.1 Å². The summed E-state index contributed by atoms with van der Waals surface area (Å²) in [5.74, 6) is 0.928. The van der Waals surface area contributed by atoms with Gasteiger partial charge in [0.25, 0.3) is 5.91 Å². The summed E-state index contributed by atoms with van der Waals surface area (Å²) in [5, 5.41) is 1.08. The Morgan fingerprint density at radius 2 is 2.03 bits per heavy atom. The molecule has 1 aliphatic heterocycles. The van der Waals surface area contributed by atoms with E-state index in [0.29, 0.717) is 18.8 Å². The Kier molecular flexibility index (Phi) is 4.56. The average molecular weight is 388 g/mol. The molecule has 29 heavy (non-hydrogen) atoms. The van der Waals surface area contributed by atoms with Crippen LogP contribution in [-0.4, -0.2) is 45.6 Å². The first-order valence-corrected chi connectivity index (χ1v) is 10.1. The Labute approximate surface area is 169 Å². The van der Waals surface area contributed by atoms with Gasteiger partial charge in [-0.25, -0.2) is 4.98 Å². The molecule has 0 unspecified atom stereocenters. The summed E-state index contributed by atoms with van der Waals surface area (Å²) in [6.07, 6.45) is 1.90. The molecule has 2 aromatic heterocycles. The van der Waals surface area contributed by atoms with Crippen molar-refractivity contribution < 1.29 is 9.53 Å². The van der Waals surface area contributed by atoms with Crippen LogP contribution < -0.4 is 0 Å². The third-order valence-corrected chi connectivity index (χ3v) is 5.79. The van der Waals surface area contributed by atoms with Gasteiger partial charge in [0.2, 0.25) is 0 Å². The van der Waals surface area contributed by atoms with Crippen LogP contribution in [0.1, 0.15) is 35.2 Å². The molecule has 5 rings (SSSR count). The maximum absolute atomic E-state index is 13.6. The number of carbonyl (C=O) groups is 1. The van der Waals surface area contributed by atoms with E-state index in [1.165, 1.54) is 0 Å². The van der Waals surface area contributed by atoms with E-state index < -0.39 is 0 Å². The highest BCUT2D eigenvalue weighted by Gasteiger charge is 2.34. The van der Waals surface area contributed by atoms with E-state index in [0.717, 1.165) is 47.1 Å². The number of methoxy groups -OCH3 is 1. The van der Waals surface area contributed by atoms with E-state index in [2.05, 4.69) is 21.7 Å². The van der Waals surface area contributed by atoms with Gasteiger partial charge in [0.05, 0.1) is 23.7 Å². The highest BCUT2D eigenvalue weighted by atomic mass is 16.5. The molecule has 0 saturated carbocycles. The van der Waals surface area contributed by atoms with E-state index in [1.54, 1.807) is 7.11 Å². The number of H-pyrrole nitrogens is 1. The van der Waals surface area contributed by atoms with Gasteiger partial charge >= 0.3 is 0 Å². The lowest BCUT2D eigenvalue weighted by Crippen LogP contribution is -2.32. The maximum Gasteiger partial charge on any atom is 0.271 e. The summed E-state index contributed by atoms with van der Waals surface area (Å²) in [6.45, 7) is 1.95. The molecule has 148 valence electrons. The number of para-hydroxylation sites is 3. The van der Waals surface area contributed by atoms with Crippen LogP contribution >= 0.6 is 0 Å². The van der Waals surface area contributed by atoms with Crippen LogP contribution in [0.25, 0.3) is 21.9 Å². The number of fused-ring (bicyclic) bond motifs is 2. The van der Waals surface area contributed by atoms with Gasteiger partial charge in [-0.15, -0.1) is 0 Å². The fourth-order valence-electron chi connectivity index (χ4n) is 4.38. The van der Waals surface area contributed by atoms with Crippen LogP contribution in [0.15, 0.2) is 54.6 Å². The van der Waals surface area contributed by atoms with Crippen LogP contribution in [0.4, 0.5) is 0 Å². The van der Waals surface area contributed by atoms with Gasteiger partial charge in [-0.1, -0.05) is 30.3 Å². The van der Waals surface area contributed by atoms with E-state index in [4.69, 9.17) is 9.72 Å². The van der Waals surface area contributed by atoms with Gasteiger partial charge in [-0.05, 0) is 37.1 Å². The van der Waals surface area contributed by atoms with Gasteiger partial charge in [0.15, 0.2) is 0 Å². The van der Waals surface area contributed by atoms with E-state index in [1.807, 2.05) is 47.4 Å². The number of nitrogens with zero attached hydrogens (tertiary/aromatic N) is 3. The second kappa shape index (κ2) is 7.37. The van der Waals surface area contributed by atoms with E-state index in [-0.39, 0.29) is 11.9 Å². The molecule has 1 atom stereocenters. The molecule has 0 radical (unpaired) electrons. The van der Waals surface area contributed by atoms with Crippen molar-refractivity contribution >= 4 is 27.8 Å². The van der Waals surface area contributed by atoms with E-state index >= 15 is 0 Å². The number of rotatable bonds is 5. The van der Waals surface area contributed by atoms with Crippen LogP contribution in [0, 0.1) is 0 Å². The first-order valence-electron chi connectivity index (χ1n) is 10.1. The average Bonchev–Trinajstić information content (AvgIpc) is 3.47. The molecule has 1 fully saturated rings. The topological polar surface area (TPSA) is 63.1 Å². The maximum atomic E-state index is 13.6. The summed E-state index contributed by atoms with van der Waals surface area (Å²) in [7, 11) is 1.69. The number of hydrogen-bond donors (Lipinski definition) is 1. The monoisotopic (exact) mass is 388 g/mol. The smallest absolute Gasteiger partial charge is 0.271 e.